The fourth-order valence-corrected chi connectivity index (χ4v) is 18.6. The van der Waals surface area contributed by atoms with Gasteiger partial charge in [-0.15, -0.1) is 0 Å². The molecule has 3 aliphatic carbocycles. The van der Waals surface area contributed by atoms with Gasteiger partial charge >= 0.3 is 17.9 Å². The largest absolute Gasteiger partial charge is 0.489 e. The predicted molar refractivity (Wildman–Crippen MR) is 389 cm³/mol. The highest BCUT2D eigenvalue weighted by atomic mass is 127. The lowest BCUT2D eigenvalue weighted by molar-refractivity contribution is -0.167. The molecule has 3 saturated carbocycles. The van der Waals surface area contributed by atoms with E-state index in [1.54, 1.807) is 0 Å². The third kappa shape index (κ3) is 15.8. The lowest BCUT2D eigenvalue weighted by atomic mass is 9.88. The molecular formula is C68H72I6O12S. The highest BCUT2D eigenvalue weighted by Crippen LogP contribution is 2.64. The topological polar surface area (TPSA) is 134 Å². The summed E-state index contributed by atoms with van der Waals surface area (Å²) >= 11 is 13.6. The first-order valence-electron chi connectivity index (χ1n) is 29.7. The van der Waals surface area contributed by atoms with Gasteiger partial charge in [0.25, 0.3) is 0 Å². The van der Waals surface area contributed by atoms with Gasteiger partial charge in [0.15, 0.2) is 19.8 Å². The summed E-state index contributed by atoms with van der Waals surface area (Å²) in [5.74, 6) is 4.43. The number of esters is 3. The molecule has 10 rings (SSSR count). The molecule has 12 nitrogen and oxygen atoms in total. The molecule has 0 unspecified atom stereocenters. The third-order valence-corrected chi connectivity index (χ3v) is 25.4. The van der Waals surface area contributed by atoms with Crippen LogP contribution in [-0.2, 0) is 41.8 Å². The summed E-state index contributed by atoms with van der Waals surface area (Å²) in [6, 6.07) is 33.0. The van der Waals surface area contributed by atoms with E-state index in [0.29, 0.717) is 42.0 Å². The van der Waals surface area contributed by atoms with E-state index < -0.39 is 27.7 Å². The van der Waals surface area contributed by atoms with Crippen molar-refractivity contribution < 1.29 is 57.0 Å². The quantitative estimate of drug-likeness (QED) is 0.0267. The van der Waals surface area contributed by atoms with Gasteiger partial charge in [-0.2, -0.15) is 10.9 Å². The first-order chi connectivity index (χ1) is 41.6. The van der Waals surface area contributed by atoms with Gasteiger partial charge in [0, 0.05) is 28.1 Å². The van der Waals surface area contributed by atoms with Gasteiger partial charge < -0.3 is 42.6 Å². The van der Waals surface area contributed by atoms with Gasteiger partial charge in [-0.3, -0.25) is 0 Å². The SMILES string of the molecule is CC(C)C1(OC(=O)COc2cc(I)c(COc3ccc4c(c3)-c3cc(OCc5cc(I)c(OCC(=O)OC6(C(C)C)CCCC6)cc5I)ccc3[SH]4c3ccc(Oc4cc(I)c(OCC(=O)OC5(C(C)C)CCCC5)cc4I)cc3)cc2I)CCCC1. The molecular weight excluding hydrogens is 1800 g/mol. The maximum Gasteiger partial charge on any atom is 0.344 e. The van der Waals surface area contributed by atoms with Crippen LogP contribution in [0.4, 0.5) is 0 Å². The number of hydrogen-bond acceptors (Lipinski definition) is 12. The summed E-state index contributed by atoms with van der Waals surface area (Å²) in [7, 11) is -0.998. The third-order valence-electron chi connectivity index (χ3n) is 17.5. The standard InChI is InChI=1S/C68H72I6O12S/c1-40(2)66(21-7-8-22-66)84-63(75)37-80-57-31-51(69)43(27-53(57)71)35-78-46-15-19-61-49(29-46)50-30-47(79-36-44-28-54(72)58(32-52(44)70)81-38-64(76)85-67(41(3)4)23-9-10-24-67)16-20-62(50)87(61)48-17-13-45(14-18-48)83-60-34-55(73)59(33-56(60)74)82-39-65(77)86-68(42(5)6)25-11-12-26-68/h13-20,27-34,40-42,87H,7-12,21-26,35-39H2,1-6H3. The Balaban J connectivity index is 0.846. The fourth-order valence-electron chi connectivity index (χ4n) is 12.3. The summed E-state index contributed by atoms with van der Waals surface area (Å²) < 4.78 is 61.5. The Bertz CT molecular complexity index is 3340. The van der Waals surface area contributed by atoms with Crippen LogP contribution >= 0.6 is 146 Å². The van der Waals surface area contributed by atoms with Gasteiger partial charge in [-0.1, -0.05) is 41.5 Å². The molecule has 6 aromatic rings. The Morgan fingerprint density at radius 3 is 1.09 bits per heavy atom. The van der Waals surface area contributed by atoms with E-state index in [1.807, 2.05) is 36.4 Å². The van der Waals surface area contributed by atoms with E-state index >= 15 is 0 Å². The van der Waals surface area contributed by atoms with Crippen LogP contribution in [0.1, 0.15) is 130 Å². The van der Waals surface area contributed by atoms with Crippen molar-refractivity contribution in [3.05, 3.63) is 130 Å². The zero-order valence-electron chi connectivity index (χ0n) is 49.6. The van der Waals surface area contributed by atoms with Crippen LogP contribution in [-0.4, -0.2) is 54.5 Å². The Hall–Kier alpha value is -2.74. The van der Waals surface area contributed by atoms with Crippen molar-refractivity contribution in [3.8, 4) is 51.4 Å². The maximum atomic E-state index is 13.1. The molecule has 0 spiro atoms. The molecule has 1 aliphatic heterocycles. The number of fused-ring (bicyclic) bond motifs is 3. The van der Waals surface area contributed by atoms with Gasteiger partial charge in [-0.25, -0.2) is 14.4 Å². The molecule has 19 heteroatoms. The molecule has 0 aromatic heterocycles. The average Bonchev–Trinajstić information content (AvgIpc) is 1.70. The van der Waals surface area contributed by atoms with E-state index in [2.05, 4.69) is 238 Å². The molecule has 0 radical (unpaired) electrons. The van der Waals surface area contributed by atoms with Crippen molar-refractivity contribution in [2.45, 2.75) is 163 Å². The van der Waals surface area contributed by atoms with Gasteiger partial charge in [0.2, 0.25) is 0 Å². The van der Waals surface area contributed by atoms with Gasteiger partial charge in [-0.05, 0) is 343 Å². The van der Waals surface area contributed by atoms with Crippen LogP contribution in [0, 0.1) is 39.2 Å². The fraction of sp³-hybridized carbons (Fsp3) is 0.426. The molecule has 1 heterocycles. The zero-order valence-corrected chi connectivity index (χ0v) is 63.4. The summed E-state index contributed by atoms with van der Waals surface area (Å²) in [6.07, 6.45) is 11.8. The molecule has 0 amide bonds. The van der Waals surface area contributed by atoms with Crippen LogP contribution in [0.15, 0.2) is 112 Å². The summed E-state index contributed by atoms with van der Waals surface area (Å²) in [6.45, 7) is 12.9. The Morgan fingerprint density at radius 2 is 0.724 bits per heavy atom. The van der Waals surface area contributed by atoms with Gasteiger partial charge in [0.1, 0.15) is 70.3 Å². The van der Waals surface area contributed by atoms with E-state index in [4.69, 9.17) is 42.6 Å². The van der Waals surface area contributed by atoms with Crippen molar-refractivity contribution >= 4 is 164 Å². The molecule has 0 atom stereocenters. The Labute approximate surface area is 596 Å². The van der Waals surface area contributed by atoms with Crippen molar-refractivity contribution in [1.82, 2.24) is 0 Å². The lowest BCUT2D eigenvalue weighted by Gasteiger charge is -2.33. The monoisotopic (exact) mass is 1870 g/mol. The average molecular weight is 1870 g/mol. The van der Waals surface area contributed by atoms with Crippen LogP contribution in [0.5, 0.6) is 40.2 Å². The number of thiol groups is 1. The number of carbonyl (C=O) groups is 3. The van der Waals surface area contributed by atoms with E-state index in [9.17, 15) is 14.4 Å². The normalized spacial score (nSPS) is 16.6. The van der Waals surface area contributed by atoms with Crippen molar-refractivity contribution in [3.63, 3.8) is 0 Å². The minimum atomic E-state index is -0.998. The highest BCUT2D eigenvalue weighted by Gasteiger charge is 2.43. The first kappa shape index (κ1) is 67.2. The minimum absolute atomic E-state index is 0.146. The Kier molecular flexibility index (Phi) is 22.8. The molecule has 3 fully saturated rings. The summed E-state index contributed by atoms with van der Waals surface area (Å²) in [5, 5.41) is 0. The number of rotatable bonds is 24. The molecule has 0 saturated heterocycles. The molecule has 0 N–H and O–H groups in total. The smallest absolute Gasteiger partial charge is 0.344 e. The number of hydrogen-bond donors (Lipinski definition) is 1. The van der Waals surface area contributed by atoms with Crippen LogP contribution in [0.2, 0.25) is 0 Å². The van der Waals surface area contributed by atoms with Crippen molar-refractivity contribution in [2.75, 3.05) is 19.8 Å². The molecule has 87 heavy (non-hydrogen) atoms. The Morgan fingerprint density at radius 1 is 0.402 bits per heavy atom. The van der Waals surface area contributed by atoms with E-state index in [0.717, 1.165) is 137 Å². The van der Waals surface area contributed by atoms with Crippen LogP contribution in [0.25, 0.3) is 11.1 Å². The second-order valence-electron chi connectivity index (χ2n) is 23.9. The zero-order chi connectivity index (χ0) is 61.8. The molecule has 0 bridgehead atoms. The second-order valence-corrected chi connectivity index (χ2v) is 33.0. The molecule has 464 valence electrons. The number of halogens is 6. The second kappa shape index (κ2) is 29.5. The van der Waals surface area contributed by atoms with Crippen molar-refractivity contribution in [1.29, 1.82) is 0 Å². The first-order valence-corrected chi connectivity index (χ1v) is 37.6. The number of ether oxygens (including phenoxy) is 9. The number of benzene rings is 6. The number of carbonyl (C=O) groups excluding carboxylic acids is 3. The van der Waals surface area contributed by atoms with E-state index in [-0.39, 0.29) is 55.5 Å². The lowest BCUT2D eigenvalue weighted by Crippen LogP contribution is -2.39. The summed E-state index contributed by atoms with van der Waals surface area (Å²) in [4.78, 5) is 42.7. The van der Waals surface area contributed by atoms with E-state index in [1.165, 1.54) is 9.79 Å². The highest BCUT2D eigenvalue weighted by molar-refractivity contribution is 14.1. The van der Waals surface area contributed by atoms with Gasteiger partial charge in [0.05, 0.1) is 14.3 Å². The maximum absolute atomic E-state index is 13.1. The molecule has 6 aromatic carbocycles. The van der Waals surface area contributed by atoms with Crippen LogP contribution < -0.4 is 28.4 Å². The van der Waals surface area contributed by atoms with Crippen LogP contribution in [0.3, 0.4) is 0 Å². The predicted octanol–water partition coefficient (Wildman–Crippen LogP) is 19.4. The van der Waals surface area contributed by atoms with Crippen molar-refractivity contribution in [2.24, 2.45) is 17.8 Å². The summed E-state index contributed by atoms with van der Waals surface area (Å²) in [5.41, 5.74) is 2.92. The minimum Gasteiger partial charge on any atom is -0.489 e. The molecule has 4 aliphatic rings.